The van der Waals surface area contributed by atoms with Crippen LogP contribution in [0, 0.1) is 20.8 Å². The molecular formula is C19H20O2. The van der Waals surface area contributed by atoms with Crippen LogP contribution < -0.4 is 4.74 Å². The maximum absolute atomic E-state index is 12.4. The molecule has 0 N–H and O–H groups in total. The predicted molar refractivity (Wildman–Crippen MR) is 87.0 cm³/mol. The van der Waals surface area contributed by atoms with Crippen LogP contribution in [0.4, 0.5) is 0 Å². The summed E-state index contributed by atoms with van der Waals surface area (Å²) in [5, 5.41) is 0. The first-order valence-corrected chi connectivity index (χ1v) is 6.95. The second kappa shape index (κ2) is 6.40. The Morgan fingerprint density at radius 1 is 1.00 bits per heavy atom. The zero-order valence-electron chi connectivity index (χ0n) is 12.9. The molecule has 0 aliphatic heterocycles. The van der Waals surface area contributed by atoms with E-state index in [2.05, 4.69) is 0 Å². The zero-order valence-corrected chi connectivity index (χ0v) is 12.9. The van der Waals surface area contributed by atoms with Gasteiger partial charge in [-0.05, 0) is 55.7 Å². The predicted octanol–water partition coefficient (Wildman–Crippen LogP) is 4.52. The van der Waals surface area contributed by atoms with Crippen LogP contribution in [-0.2, 0) is 0 Å². The maximum Gasteiger partial charge on any atom is 0.186 e. The molecule has 108 valence electrons. The third-order valence-electron chi connectivity index (χ3n) is 3.47. The number of ether oxygens (including phenoxy) is 1. The average molecular weight is 280 g/mol. The quantitative estimate of drug-likeness (QED) is 0.608. The van der Waals surface area contributed by atoms with E-state index in [9.17, 15) is 4.79 Å². The number of carbonyl (C=O) groups excluding carboxylic acids is 1. The first-order chi connectivity index (χ1) is 10.0. The van der Waals surface area contributed by atoms with Crippen molar-refractivity contribution in [1.82, 2.24) is 0 Å². The largest absolute Gasteiger partial charge is 0.497 e. The van der Waals surface area contributed by atoms with E-state index in [4.69, 9.17) is 4.74 Å². The molecule has 2 aromatic carbocycles. The number of carbonyl (C=O) groups is 1. The molecule has 0 bridgehead atoms. The van der Waals surface area contributed by atoms with Crippen LogP contribution in [-0.4, -0.2) is 12.9 Å². The molecule has 0 aliphatic rings. The molecule has 0 aromatic heterocycles. The molecule has 0 aliphatic carbocycles. The van der Waals surface area contributed by atoms with Crippen molar-refractivity contribution in [1.29, 1.82) is 0 Å². The standard InChI is InChI=1S/C19H20O2/c1-13-11-14(2)19(15(3)12-13)18(20)10-7-16-5-8-17(21-4)9-6-16/h5-12H,1-4H3. The number of hydrogen-bond donors (Lipinski definition) is 0. The third-order valence-corrected chi connectivity index (χ3v) is 3.47. The highest BCUT2D eigenvalue weighted by atomic mass is 16.5. The summed E-state index contributed by atoms with van der Waals surface area (Å²) >= 11 is 0. The van der Waals surface area contributed by atoms with Crippen LogP contribution in [0.1, 0.15) is 32.6 Å². The van der Waals surface area contributed by atoms with Gasteiger partial charge >= 0.3 is 0 Å². The normalized spacial score (nSPS) is 10.9. The van der Waals surface area contributed by atoms with Crippen molar-refractivity contribution in [2.24, 2.45) is 0 Å². The van der Waals surface area contributed by atoms with Crippen LogP contribution in [0.2, 0.25) is 0 Å². The van der Waals surface area contributed by atoms with E-state index in [1.807, 2.05) is 63.2 Å². The summed E-state index contributed by atoms with van der Waals surface area (Å²) in [7, 11) is 1.64. The molecule has 0 amide bonds. The first-order valence-electron chi connectivity index (χ1n) is 6.95. The van der Waals surface area contributed by atoms with Gasteiger partial charge in [0.15, 0.2) is 5.78 Å². The highest BCUT2D eigenvalue weighted by Gasteiger charge is 2.09. The molecule has 2 heteroatoms. The number of allylic oxidation sites excluding steroid dienone is 1. The summed E-state index contributed by atoms with van der Waals surface area (Å²) in [6, 6.07) is 11.7. The van der Waals surface area contributed by atoms with Crippen molar-refractivity contribution in [3.05, 3.63) is 70.3 Å². The number of hydrogen-bond acceptors (Lipinski definition) is 2. The van der Waals surface area contributed by atoms with Crippen molar-refractivity contribution in [3.8, 4) is 5.75 Å². The Morgan fingerprint density at radius 3 is 2.10 bits per heavy atom. The summed E-state index contributed by atoms with van der Waals surface area (Å²) in [6.07, 6.45) is 3.47. The van der Waals surface area contributed by atoms with Crippen molar-refractivity contribution in [2.45, 2.75) is 20.8 Å². The second-order valence-electron chi connectivity index (χ2n) is 5.24. The zero-order chi connectivity index (χ0) is 15.4. The lowest BCUT2D eigenvalue weighted by Gasteiger charge is -2.08. The molecule has 0 saturated carbocycles. The fraction of sp³-hybridized carbons (Fsp3) is 0.211. The Morgan fingerprint density at radius 2 is 1.57 bits per heavy atom. The Kier molecular flexibility index (Phi) is 4.59. The van der Waals surface area contributed by atoms with Gasteiger partial charge in [-0.1, -0.05) is 35.9 Å². The Labute approximate surface area is 126 Å². The molecule has 0 heterocycles. The number of ketones is 1. The Bertz CT molecular complexity index is 656. The van der Waals surface area contributed by atoms with Crippen molar-refractivity contribution < 1.29 is 9.53 Å². The average Bonchev–Trinajstić information content (AvgIpc) is 2.44. The lowest BCUT2D eigenvalue weighted by atomic mass is 9.96. The van der Waals surface area contributed by atoms with Gasteiger partial charge in [-0.15, -0.1) is 0 Å². The maximum atomic E-state index is 12.4. The Balaban J connectivity index is 2.23. The van der Waals surface area contributed by atoms with E-state index in [-0.39, 0.29) is 5.78 Å². The van der Waals surface area contributed by atoms with Crippen molar-refractivity contribution in [2.75, 3.05) is 7.11 Å². The van der Waals surface area contributed by atoms with E-state index >= 15 is 0 Å². The second-order valence-corrected chi connectivity index (χ2v) is 5.24. The highest BCUT2D eigenvalue weighted by molar-refractivity contribution is 6.08. The summed E-state index contributed by atoms with van der Waals surface area (Å²) in [5.41, 5.74) is 5.01. The van der Waals surface area contributed by atoms with Gasteiger partial charge in [0, 0.05) is 5.56 Å². The molecule has 0 spiro atoms. The van der Waals surface area contributed by atoms with E-state index in [1.54, 1.807) is 13.2 Å². The third kappa shape index (κ3) is 3.60. The first kappa shape index (κ1) is 15.0. The molecule has 2 rings (SSSR count). The molecule has 0 atom stereocenters. The number of benzene rings is 2. The monoisotopic (exact) mass is 280 g/mol. The lowest BCUT2D eigenvalue weighted by molar-refractivity contribution is 0.104. The van der Waals surface area contributed by atoms with Gasteiger partial charge in [-0.25, -0.2) is 0 Å². The van der Waals surface area contributed by atoms with Crippen LogP contribution in [0.5, 0.6) is 5.75 Å². The molecule has 0 saturated heterocycles. The summed E-state index contributed by atoms with van der Waals surface area (Å²) < 4.78 is 5.12. The van der Waals surface area contributed by atoms with E-state index < -0.39 is 0 Å². The Hall–Kier alpha value is -2.35. The topological polar surface area (TPSA) is 26.3 Å². The molecule has 0 unspecified atom stereocenters. The van der Waals surface area contributed by atoms with Gasteiger partial charge in [-0.2, -0.15) is 0 Å². The van der Waals surface area contributed by atoms with Crippen LogP contribution >= 0.6 is 0 Å². The number of aryl methyl sites for hydroxylation is 3. The van der Waals surface area contributed by atoms with Crippen LogP contribution in [0.3, 0.4) is 0 Å². The van der Waals surface area contributed by atoms with Gasteiger partial charge in [-0.3, -0.25) is 4.79 Å². The fourth-order valence-electron chi connectivity index (χ4n) is 2.54. The van der Waals surface area contributed by atoms with Gasteiger partial charge in [0.2, 0.25) is 0 Å². The number of rotatable bonds is 4. The minimum Gasteiger partial charge on any atom is -0.497 e. The minimum absolute atomic E-state index is 0.0424. The molecule has 0 fully saturated rings. The molecule has 0 radical (unpaired) electrons. The van der Waals surface area contributed by atoms with Crippen LogP contribution in [0.25, 0.3) is 6.08 Å². The van der Waals surface area contributed by atoms with Gasteiger partial charge in [0.05, 0.1) is 7.11 Å². The molecule has 21 heavy (non-hydrogen) atoms. The van der Waals surface area contributed by atoms with Crippen LogP contribution in [0.15, 0.2) is 42.5 Å². The number of methoxy groups -OCH3 is 1. The summed E-state index contributed by atoms with van der Waals surface area (Å²) in [5.74, 6) is 0.851. The summed E-state index contributed by atoms with van der Waals surface area (Å²) in [4.78, 5) is 12.4. The van der Waals surface area contributed by atoms with Crippen molar-refractivity contribution in [3.63, 3.8) is 0 Å². The SMILES string of the molecule is COc1ccc(C=CC(=O)c2c(C)cc(C)cc2C)cc1. The molecule has 2 nitrogen and oxygen atoms in total. The smallest absolute Gasteiger partial charge is 0.186 e. The van der Waals surface area contributed by atoms with Gasteiger partial charge in [0.25, 0.3) is 0 Å². The van der Waals surface area contributed by atoms with E-state index in [0.29, 0.717) is 0 Å². The summed E-state index contributed by atoms with van der Waals surface area (Å²) in [6.45, 7) is 6.00. The minimum atomic E-state index is 0.0424. The fourth-order valence-corrected chi connectivity index (χ4v) is 2.54. The molecular weight excluding hydrogens is 260 g/mol. The van der Waals surface area contributed by atoms with E-state index in [1.165, 1.54) is 5.56 Å². The highest BCUT2D eigenvalue weighted by Crippen LogP contribution is 2.18. The van der Waals surface area contributed by atoms with E-state index in [0.717, 1.165) is 28.0 Å². The van der Waals surface area contributed by atoms with Gasteiger partial charge < -0.3 is 4.74 Å². The van der Waals surface area contributed by atoms with Crippen molar-refractivity contribution >= 4 is 11.9 Å². The van der Waals surface area contributed by atoms with Gasteiger partial charge in [0.1, 0.15) is 5.75 Å². The molecule has 2 aromatic rings. The lowest BCUT2D eigenvalue weighted by Crippen LogP contribution is -2.02.